The number of carbonyl (C=O) groups excluding carboxylic acids is 2. The monoisotopic (exact) mass is 395 g/mol. The SMILES string of the molecule is N#Cc1ccc(C(=O)N[C@H](C(=O)N2CCCc3ccccc32)c2ccccc2)cc1. The average Bonchev–Trinajstić information content (AvgIpc) is 2.82. The summed E-state index contributed by atoms with van der Waals surface area (Å²) in [6.45, 7) is 0.617. The van der Waals surface area contributed by atoms with Crippen LogP contribution in [-0.4, -0.2) is 18.4 Å². The van der Waals surface area contributed by atoms with Gasteiger partial charge in [-0.25, -0.2) is 0 Å². The van der Waals surface area contributed by atoms with Gasteiger partial charge in [0.1, 0.15) is 6.04 Å². The normalized spacial score (nSPS) is 13.6. The molecule has 0 fully saturated rings. The first-order valence-electron chi connectivity index (χ1n) is 9.92. The number of para-hydroxylation sites is 1. The quantitative estimate of drug-likeness (QED) is 0.725. The Labute approximate surface area is 175 Å². The maximum absolute atomic E-state index is 13.6. The van der Waals surface area contributed by atoms with Crippen LogP contribution in [0, 0.1) is 11.3 Å². The second-order valence-corrected chi connectivity index (χ2v) is 7.23. The van der Waals surface area contributed by atoms with E-state index in [1.165, 1.54) is 0 Å². The fourth-order valence-corrected chi connectivity index (χ4v) is 3.76. The highest BCUT2D eigenvalue weighted by Crippen LogP contribution is 2.29. The molecule has 5 nitrogen and oxygen atoms in total. The molecule has 30 heavy (non-hydrogen) atoms. The smallest absolute Gasteiger partial charge is 0.254 e. The Bertz CT molecular complexity index is 1100. The van der Waals surface area contributed by atoms with Crippen LogP contribution in [0.25, 0.3) is 0 Å². The maximum Gasteiger partial charge on any atom is 0.254 e. The molecular formula is C25H21N3O2. The Balaban J connectivity index is 1.65. The molecule has 1 heterocycles. The van der Waals surface area contributed by atoms with Gasteiger partial charge in [-0.3, -0.25) is 9.59 Å². The zero-order valence-corrected chi connectivity index (χ0v) is 16.4. The number of amides is 2. The number of fused-ring (bicyclic) bond motifs is 1. The van der Waals surface area contributed by atoms with Crippen molar-refractivity contribution in [1.29, 1.82) is 5.26 Å². The predicted molar refractivity (Wildman–Crippen MR) is 115 cm³/mol. The molecule has 0 bridgehead atoms. The summed E-state index contributed by atoms with van der Waals surface area (Å²) in [7, 11) is 0. The summed E-state index contributed by atoms with van der Waals surface area (Å²) >= 11 is 0. The zero-order chi connectivity index (χ0) is 20.9. The Hall–Kier alpha value is -3.91. The summed E-state index contributed by atoms with van der Waals surface area (Å²) in [5.41, 5.74) is 3.66. The van der Waals surface area contributed by atoms with E-state index in [-0.39, 0.29) is 11.8 Å². The molecular weight excluding hydrogens is 374 g/mol. The van der Waals surface area contributed by atoms with Gasteiger partial charge in [-0.1, -0.05) is 48.5 Å². The van der Waals surface area contributed by atoms with Crippen molar-refractivity contribution in [3.05, 3.63) is 101 Å². The standard InChI is InChI=1S/C25H21N3O2/c26-17-18-12-14-21(15-13-18)24(29)27-23(20-8-2-1-3-9-20)25(30)28-16-6-10-19-7-4-5-11-22(19)28/h1-5,7-9,11-15,23H,6,10,16H2,(H,27,29)/t23-/m0/s1. The largest absolute Gasteiger partial charge is 0.336 e. The van der Waals surface area contributed by atoms with Gasteiger partial charge in [0.2, 0.25) is 0 Å². The highest BCUT2D eigenvalue weighted by molar-refractivity contribution is 6.03. The molecule has 148 valence electrons. The van der Waals surface area contributed by atoms with Gasteiger partial charge in [-0.15, -0.1) is 0 Å². The molecule has 1 atom stereocenters. The number of nitriles is 1. The Kier molecular flexibility index (Phi) is 5.58. The van der Waals surface area contributed by atoms with E-state index in [0.29, 0.717) is 17.7 Å². The van der Waals surface area contributed by atoms with Crippen LogP contribution in [0.2, 0.25) is 0 Å². The molecule has 0 saturated carbocycles. The minimum absolute atomic E-state index is 0.157. The fourth-order valence-electron chi connectivity index (χ4n) is 3.76. The second-order valence-electron chi connectivity index (χ2n) is 7.23. The third-order valence-electron chi connectivity index (χ3n) is 5.31. The van der Waals surface area contributed by atoms with Crippen LogP contribution in [-0.2, 0) is 11.2 Å². The Morgan fingerprint density at radius 3 is 2.37 bits per heavy atom. The van der Waals surface area contributed by atoms with Gasteiger partial charge in [0, 0.05) is 17.8 Å². The van der Waals surface area contributed by atoms with Crippen molar-refractivity contribution in [1.82, 2.24) is 5.32 Å². The first-order valence-corrected chi connectivity index (χ1v) is 9.92. The molecule has 5 heteroatoms. The van der Waals surface area contributed by atoms with Gasteiger partial charge >= 0.3 is 0 Å². The molecule has 3 aromatic rings. The van der Waals surface area contributed by atoms with Crippen LogP contribution in [0.15, 0.2) is 78.9 Å². The zero-order valence-electron chi connectivity index (χ0n) is 16.4. The topological polar surface area (TPSA) is 73.2 Å². The van der Waals surface area contributed by atoms with Crippen LogP contribution in [0.1, 0.15) is 39.5 Å². The molecule has 2 amide bonds. The second kappa shape index (κ2) is 8.62. The average molecular weight is 395 g/mol. The van der Waals surface area contributed by atoms with E-state index in [9.17, 15) is 9.59 Å². The first-order chi connectivity index (χ1) is 14.7. The summed E-state index contributed by atoms with van der Waals surface area (Å²) < 4.78 is 0. The van der Waals surface area contributed by atoms with Crippen molar-refractivity contribution >= 4 is 17.5 Å². The van der Waals surface area contributed by atoms with Crippen LogP contribution >= 0.6 is 0 Å². The minimum Gasteiger partial charge on any atom is -0.336 e. The molecule has 0 spiro atoms. The van der Waals surface area contributed by atoms with Crippen molar-refractivity contribution in [2.45, 2.75) is 18.9 Å². The lowest BCUT2D eigenvalue weighted by Gasteiger charge is -2.32. The van der Waals surface area contributed by atoms with Crippen LogP contribution in [0.5, 0.6) is 0 Å². The van der Waals surface area contributed by atoms with Gasteiger partial charge < -0.3 is 10.2 Å². The number of rotatable bonds is 4. The third kappa shape index (κ3) is 3.94. The molecule has 1 N–H and O–H groups in total. The lowest BCUT2D eigenvalue weighted by atomic mass is 9.99. The number of aryl methyl sites for hydroxylation is 1. The first kappa shape index (κ1) is 19.4. The van der Waals surface area contributed by atoms with Crippen molar-refractivity contribution < 1.29 is 9.59 Å². The molecule has 4 rings (SSSR count). The number of anilines is 1. The fraction of sp³-hybridized carbons (Fsp3) is 0.160. The van der Waals surface area contributed by atoms with Gasteiger partial charge in [0.25, 0.3) is 11.8 Å². The number of hydrogen-bond acceptors (Lipinski definition) is 3. The highest BCUT2D eigenvalue weighted by Gasteiger charge is 2.31. The van der Waals surface area contributed by atoms with Crippen LogP contribution in [0.4, 0.5) is 5.69 Å². The van der Waals surface area contributed by atoms with Gasteiger partial charge in [0.05, 0.1) is 11.6 Å². The van der Waals surface area contributed by atoms with Crippen molar-refractivity contribution in [2.75, 3.05) is 11.4 Å². The lowest BCUT2D eigenvalue weighted by Crippen LogP contribution is -2.45. The summed E-state index contributed by atoms with van der Waals surface area (Å²) in [6, 6.07) is 24.8. The summed E-state index contributed by atoms with van der Waals surface area (Å²) in [4.78, 5) is 28.3. The lowest BCUT2D eigenvalue weighted by molar-refractivity contribution is -0.120. The van der Waals surface area contributed by atoms with Crippen molar-refractivity contribution in [2.24, 2.45) is 0 Å². The minimum atomic E-state index is -0.805. The van der Waals surface area contributed by atoms with Crippen molar-refractivity contribution in [3.8, 4) is 6.07 Å². The van der Waals surface area contributed by atoms with E-state index in [1.807, 2.05) is 60.7 Å². The molecule has 0 aliphatic carbocycles. The van der Waals surface area contributed by atoms with E-state index < -0.39 is 6.04 Å². The Morgan fingerprint density at radius 1 is 0.933 bits per heavy atom. The highest BCUT2D eigenvalue weighted by atomic mass is 16.2. The van der Waals surface area contributed by atoms with E-state index in [1.54, 1.807) is 29.2 Å². The molecule has 3 aromatic carbocycles. The molecule has 1 aliphatic heterocycles. The summed E-state index contributed by atoms with van der Waals surface area (Å²) in [5, 5.41) is 11.9. The molecule has 0 saturated heterocycles. The van der Waals surface area contributed by atoms with Crippen LogP contribution in [0.3, 0.4) is 0 Å². The number of hydrogen-bond donors (Lipinski definition) is 1. The van der Waals surface area contributed by atoms with E-state index in [2.05, 4.69) is 5.32 Å². The van der Waals surface area contributed by atoms with Gasteiger partial charge in [-0.2, -0.15) is 5.26 Å². The molecule has 1 aliphatic rings. The number of nitrogens with zero attached hydrogens (tertiary/aromatic N) is 2. The predicted octanol–water partition coefficient (Wildman–Crippen LogP) is 4.01. The third-order valence-corrected chi connectivity index (χ3v) is 5.31. The summed E-state index contributed by atoms with van der Waals surface area (Å²) in [6.07, 6.45) is 1.82. The molecule has 0 radical (unpaired) electrons. The molecule has 0 aromatic heterocycles. The van der Waals surface area contributed by atoms with E-state index in [4.69, 9.17) is 5.26 Å². The Morgan fingerprint density at radius 2 is 1.63 bits per heavy atom. The number of nitrogens with one attached hydrogen (secondary N) is 1. The van der Waals surface area contributed by atoms with Gasteiger partial charge in [-0.05, 0) is 54.3 Å². The number of benzene rings is 3. The van der Waals surface area contributed by atoms with E-state index in [0.717, 1.165) is 29.7 Å². The van der Waals surface area contributed by atoms with Crippen molar-refractivity contribution in [3.63, 3.8) is 0 Å². The van der Waals surface area contributed by atoms with Crippen LogP contribution < -0.4 is 10.2 Å². The van der Waals surface area contributed by atoms with Gasteiger partial charge in [0.15, 0.2) is 0 Å². The summed E-state index contributed by atoms with van der Waals surface area (Å²) in [5.74, 6) is -0.512. The maximum atomic E-state index is 13.6. The van der Waals surface area contributed by atoms with E-state index >= 15 is 0 Å². The molecule has 0 unspecified atom stereocenters. The number of carbonyl (C=O) groups is 2.